The second-order valence-electron chi connectivity index (χ2n) is 10.00. The maximum Gasteiger partial charge on any atom is 0.253 e. The maximum atomic E-state index is 13.6. The van der Waals surface area contributed by atoms with Crippen LogP contribution in [0.5, 0.6) is 0 Å². The monoisotopic (exact) mass is 404 g/mol. The van der Waals surface area contributed by atoms with Crippen molar-refractivity contribution in [2.45, 2.75) is 72.4 Å². The topological polar surface area (TPSA) is 49.4 Å². The Balaban J connectivity index is 1.81. The van der Waals surface area contributed by atoms with Gasteiger partial charge in [0.1, 0.15) is 6.04 Å². The van der Waals surface area contributed by atoms with Crippen LogP contribution in [0.2, 0.25) is 5.02 Å². The van der Waals surface area contributed by atoms with Gasteiger partial charge in [-0.3, -0.25) is 9.59 Å². The number of benzene rings is 1. The fourth-order valence-electron chi connectivity index (χ4n) is 5.44. The number of halogens is 1. The van der Waals surface area contributed by atoms with Crippen LogP contribution in [0, 0.1) is 16.7 Å². The zero-order chi connectivity index (χ0) is 20.7. The molecule has 2 aliphatic rings. The van der Waals surface area contributed by atoms with Crippen LogP contribution in [0.25, 0.3) is 0 Å². The summed E-state index contributed by atoms with van der Waals surface area (Å²) in [6, 6.07) is 6.71. The molecule has 0 spiro atoms. The molecule has 1 N–H and O–H groups in total. The molecule has 2 amide bonds. The number of amides is 2. The minimum Gasteiger partial charge on any atom is -0.340 e. The SMILES string of the molecule is CCC(C)C(NC(=O)c1ccccc1Cl)C(=O)N1CC2(C)CC1CC(C)(C)C2. The molecule has 5 heteroatoms. The van der Waals surface area contributed by atoms with Crippen molar-refractivity contribution < 1.29 is 9.59 Å². The van der Waals surface area contributed by atoms with Crippen molar-refractivity contribution in [2.24, 2.45) is 16.7 Å². The van der Waals surface area contributed by atoms with E-state index in [1.165, 1.54) is 0 Å². The molecule has 4 unspecified atom stereocenters. The predicted octanol–water partition coefficient (Wildman–Crippen LogP) is 4.91. The predicted molar refractivity (Wildman–Crippen MR) is 113 cm³/mol. The highest BCUT2D eigenvalue weighted by molar-refractivity contribution is 6.33. The molecule has 28 heavy (non-hydrogen) atoms. The molecule has 1 aromatic rings. The van der Waals surface area contributed by atoms with Crippen LogP contribution in [0.1, 0.15) is 70.7 Å². The lowest BCUT2D eigenvalue weighted by atomic mass is 9.65. The van der Waals surface area contributed by atoms with Crippen molar-refractivity contribution in [1.82, 2.24) is 10.2 Å². The fraction of sp³-hybridized carbons (Fsp3) is 0.652. The van der Waals surface area contributed by atoms with E-state index < -0.39 is 6.04 Å². The zero-order valence-electron chi connectivity index (χ0n) is 17.7. The zero-order valence-corrected chi connectivity index (χ0v) is 18.5. The van der Waals surface area contributed by atoms with Gasteiger partial charge in [-0.25, -0.2) is 0 Å². The molecule has 1 saturated carbocycles. The average Bonchev–Trinajstić information content (AvgIpc) is 2.87. The molecule has 1 saturated heterocycles. The van der Waals surface area contributed by atoms with E-state index in [4.69, 9.17) is 11.6 Å². The highest BCUT2D eigenvalue weighted by Gasteiger charge is 2.52. The smallest absolute Gasteiger partial charge is 0.253 e. The average molecular weight is 405 g/mol. The molecule has 4 nitrogen and oxygen atoms in total. The third-order valence-corrected chi connectivity index (χ3v) is 6.91. The Hall–Kier alpha value is -1.55. The van der Waals surface area contributed by atoms with E-state index in [-0.39, 0.29) is 34.6 Å². The molecule has 0 radical (unpaired) electrons. The number of hydrogen-bond donors (Lipinski definition) is 1. The molecule has 1 aliphatic carbocycles. The molecular weight excluding hydrogens is 372 g/mol. The van der Waals surface area contributed by atoms with Gasteiger partial charge in [-0.05, 0) is 48.1 Å². The fourth-order valence-corrected chi connectivity index (χ4v) is 5.67. The number of likely N-dealkylation sites (tertiary alicyclic amines) is 1. The summed E-state index contributed by atoms with van der Waals surface area (Å²) in [4.78, 5) is 28.5. The van der Waals surface area contributed by atoms with Crippen molar-refractivity contribution in [3.05, 3.63) is 34.9 Å². The van der Waals surface area contributed by atoms with Gasteiger partial charge in [0, 0.05) is 12.6 Å². The second kappa shape index (κ2) is 7.70. The number of fused-ring (bicyclic) bond motifs is 2. The third kappa shape index (κ3) is 4.22. The summed E-state index contributed by atoms with van der Waals surface area (Å²) in [7, 11) is 0. The molecule has 4 atom stereocenters. The van der Waals surface area contributed by atoms with E-state index in [1.807, 2.05) is 6.92 Å². The van der Waals surface area contributed by atoms with Crippen molar-refractivity contribution in [1.29, 1.82) is 0 Å². The first kappa shape index (κ1) is 21.2. The Morgan fingerprint density at radius 2 is 1.93 bits per heavy atom. The van der Waals surface area contributed by atoms with Crippen molar-refractivity contribution >= 4 is 23.4 Å². The Morgan fingerprint density at radius 3 is 2.57 bits per heavy atom. The third-order valence-electron chi connectivity index (χ3n) is 6.58. The quantitative estimate of drug-likeness (QED) is 0.757. The van der Waals surface area contributed by atoms with Gasteiger partial charge < -0.3 is 10.2 Å². The lowest BCUT2D eigenvalue weighted by Gasteiger charge is -2.39. The normalized spacial score (nSPS) is 27.9. The highest BCUT2D eigenvalue weighted by Crippen LogP contribution is 2.52. The molecule has 154 valence electrons. The molecule has 1 heterocycles. The van der Waals surface area contributed by atoms with E-state index in [0.717, 1.165) is 32.2 Å². The summed E-state index contributed by atoms with van der Waals surface area (Å²) in [5.74, 6) is -0.167. The number of hydrogen-bond acceptors (Lipinski definition) is 2. The molecular formula is C23H33ClN2O2. The number of nitrogens with zero attached hydrogens (tertiary/aromatic N) is 1. The van der Waals surface area contributed by atoms with E-state index in [0.29, 0.717) is 10.6 Å². The van der Waals surface area contributed by atoms with Crippen molar-refractivity contribution in [3.8, 4) is 0 Å². The molecule has 0 aromatic heterocycles. The number of carbonyl (C=O) groups excluding carboxylic acids is 2. The van der Waals surface area contributed by atoms with Gasteiger partial charge in [0.2, 0.25) is 5.91 Å². The molecule has 1 aliphatic heterocycles. The Bertz CT molecular complexity index is 763. The Kier molecular flexibility index (Phi) is 5.82. The van der Waals surface area contributed by atoms with E-state index >= 15 is 0 Å². The van der Waals surface area contributed by atoms with Crippen LogP contribution in [-0.4, -0.2) is 35.3 Å². The van der Waals surface area contributed by atoms with Gasteiger partial charge in [-0.1, -0.05) is 64.8 Å². The first-order valence-electron chi connectivity index (χ1n) is 10.4. The van der Waals surface area contributed by atoms with Crippen LogP contribution in [0.3, 0.4) is 0 Å². The van der Waals surface area contributed by atoms with Gasteiger partial charge in [-0.2, -0.15) is 0 Å². The Labute approximate surface area is 174 Å². The summed E-state index contributed by atoms with van der Waals surface area (Å²) in [5, 5.41) is 3.40. The lowest BCUT2D eigenvalue weighted by molar-refractivity contribution is -0.135. The van der Waals surface area contributed by atoms with Gasteiger partial charge in [0.15, 0.2) is 0 Å². The lowest BCUT2D eigenvalue weighted by Crippen LogP contribution is -2.53. The highest BCUT2D eigenvalue weighted by atomic mass is 35.5. The number of carbonyl (C=O) groups is 2. The first-order valence-corrected chi connectivity index (χ1v) is 10.8. The summed E-state index contributed by atoms with van der Waals surface area (Å²) in [6.45, 7) is 11.8. The molecule has 3 rings (SSSR count). The Morgan fingerprint density at radius 1 is 1.25 bits per heavy atom. The van der Waals surface area contributed by atoms with Crippen LogP contribution in [0.15, 0.2) is 24.3 Å². The standard InChI is InChI=1S/C23H33ClN2O2/c1-6-15(2)19(25-20(27)17-9-7-8-10-18(17)24)21(28)26-14-23(5)12-16(26)11-22(3,4)13-23/h7-10,15-16,19H,6,11-14H2,1-5H3,(H,25,27). The van der Waals surface area contributed by atoms with Gasteiger partial charge in [0.25, 0.3) is 5.91 Å². The van der Waals surface area contributed by atoms with Crippen LogP contribution < -0.4 is 5.32 Å². The van der Waals surface area contributed by atoms with Crippen LogP contribution in [-0.2, 0) is 4.79 Å². The van der Waals surface area contributed by atoms with E-state index in [2.05, 4.69) is 37.9 Å². The molecule has 2 fully saturated rings. The summed E-state index contributed by atoms with van der Waals surface area (Å²) in [5.41, 5.74) is 0.840. The summed E-state index contributed by atoms with van der Waals surface area (Å²) in [6.07, 6.45) is 4.05. The molecule has 1 aromatic carbocycles. The van der Waals surface area contributed by atoms with Crippen molar-refractivity contribution in [3.63, 3.8) is 0 Å². The molecule has 2 bridgehead atoms. The largest absolute Gasteiger partial charge is 0.340 e. The minimum absolute atomic E-state index is 0.0557. The maximum absolute atomic E-state index is 13.6. The van der Waals surface area contributed by atoms with Gasteiger partial charge in [-0.15, -0.1) is 0 Å². The van der Waals surface area contributed by atoms with Crippen molar-refractivity contribution in [2.75, 3.05) is 6.54 Å². The van der Waals surface area contributed by atoms with Gasteiger partial charge in [0.05, 0.1) is 10.6 Å². The van der Waals surface area contributed by atoms with Crippen LogP contribution >= 0.6 is 11.6 Å². The second-order valence-corrected chi connectivity index (χ2v) is 10.4. The number of nitrogens with one attached hydrogen (secondary N) is 1. The first-order chi connectivity index (χ1) is 13.1. The van der Waals surface area contributed by atoms with E-state index in [9.17, 15) is 9.59 Å². The van der Waals surface area contributed by atoms with Crippen LogP contribution in [0.4, 0.5) is 0 Å². The summed E-state index contributed by atoms with van der Waals surface area (Å²) >= 11 is 6.19. The minimum atomic E-state index is -0.528. The number of rotatable bonds is 5. The van der Waals surface area contributed by atoms with Gasteiger partial charge >= 0.3 is 0 Å². The summed E-state index contributed by atoms with van der Waals surface area (Å²) < 4.78 is 0. The van der Waals surface area contributed by atoms with E-state index in [1.54, 1.807) is 24.3 Å².